The monoisotopic (exact) mass is 339 g/mol. The quantitative estimate of drug-likeness (QED) is 0.909. The largest absolute Gasteiger partial charge is 0.489 e. The summed E-state index contributed by atoms with van der Waals surface area (Å²) in [7, 11) is 0. The molecule has 25 heavy (non-hydrogen) atoms. The minimum atomic E-state index is 0.0360. The molecule has 5 nitrogen and oxygen atoms in total. The van der Waals surface area contributed by atoms with Gasteiger partial charge in [-0.2, -0.15) is 0 Å². The van der Waals surface area contributed by atoms with E-state index < -0.39 is 0 Å². The molecule has 132 valence electrons. The van der Waals surface area contributed by atoms with Crippen molar-refractivity contribution >= 4 is 5.91 Å². The van der Waals surface area contributed by atoms with Gasteiger partial charge in [0.15, 0.2) is 0 Å². The zero-order chi connectivity index (χ0) is 17.6. The molecule has 1 fully saturated rings. The molecule has 0 radical (unpaired) electrons. The van der Waals surface area contributed by atoms with Crippen molar-refractivity contribution in [3.05, 3.63) is 59.9 Å². The number of aromatic nitrogens is 1. The van der Waals surface area contributed by atoms with Gasteiger partial charge < -0.3 is 15.4 Å². The van der Waals surface area contributed by atoms with Crippen molar-refractivity contribution in [2.24, 2.45) is 11.7 Å². The van der Waals surface area contributed by atoms with Crippen molar-refractivity contribution in [3.63, 3.8) is 0 Å². The SMILES string of the molecule is C[C@H]1CCCN(C(=O)c2cccc(OCc3cccnc3)c2)[C@H]1CN. The van der Waals surface area contributed by atoms with Crippen LogP contribution in [0.25, 0.3) is 0 Å². The number of pyridine rings is 1. The van der Waals surface area contributed by atoms with Gasteiger partial charge in [0, 0.05) is 42.7 Å². The number of nitrogens with two attached hydrogens (primary N) is 1. The summed E-state index contributed by atoms with van der Waals surface area (Å²) in [4.78, 5) is 18.9. The predicted molar refractivity (Wildman–Crippen MR) is 97.3 cm³/mol. The fourth-order valence-corrected chi connectivity index (χ4v) is 3.40. The summed E-state index contributed by atoms with van der Waals surface area (Å²) in [5.74, 6) is 1.16. The Labute approximate surface area is 148 Å². The zero-order valence-corrected chi connectivity index (χ0v) is 14.6. The molecule has 5 heteroatoms. The van der Waals surface area contributed by atoms with Crippen molar-refractivity contribution in [1.29, 1.82) is 0 Å². The van der Waals surface area contributed by atoms with Gasteiger partial charge >= 0.3 is 0 Å². The van der Waals surface area contributed by atoms with Gasteiger partial charge in [-0.25, -0.2) is 0 Å². The van der Waals surface area contributed by atoms with Crippen LogP contribution in [0.2, 0.25) is 0 Å². The molecule has 1 aromatic carbocycles. The number of amides is 1. The van der Waals surface area contributed by atoms with Gasteiger partial charge in [0.2, 0.25) is 0 Å². The molecule has 1 aliphatic heterocycles. The van der Waals surface area contributed by atoms with E-state index in [2.05, 4.69) is 11.9 Å². The molecule has 2 N–H and O–H groups in total. The first kappa shape index (κ1) is 17.4. The standard InChI is InChI=1S/C20H25N3O2/c1-15-5-4-10-23(19(15)12-21)20(24)17-7-2-8-18(11-17)25-14-16-6-3-9-22-13-16/h2-3,6-9,11,13,15,19H,4-5,10,12,14,21H2,1H3/t15-,19-/m0/s1. The molecular formula is C20H25N3O2. The number of carbonyl (C=O) groups excluding carboxylic acids is 1. The maximum Gasteiger partial charge on any atom is 0.254 e. The number of carbonyl (C=O) groups is 1. The van der Waals surface area contributed by atoms with E-state index in [1.165, 1.54) is 0 Å². The van der Waals surface area contributed by atoms with Gasteiger partial charge in [0.1, 0.15) is 12.4 Å². The highest BCUT2D eigenvalue weighted by Gasteiger charge is 2.31. The van der Waals surface area contributed by atoms with Crippen LogP contribution < -0.4 is 10.5 Å². The van der Waals surface area contributed by atoms with E-state index in [1.807, 2.05) is 41.3 Å². The number of hydrogen-bond acceptors (Lipinski definition) is 4. The van der Waals surface area contributed by atoms with Crippen LogP contribution in [0.4, 0.5) is 0 Å². The van der Waals surface area contributed by atoms with Crippen molar-refractivity contribution in [3.8, 4) is 5.75 Å². The smallest absolute Gasteiger partial charge is 0.254 e. The Morgan fingerprint density at radius 3 is 3.00 bits per heavy atom. The average molecular weight is 339 g/mol. The minimum absolute atomic E-state index is 0.0360. The second kappa shape index (κ2) is 8.12. The number of ether oxygens (including phenoxy) is 1. The van der Waals surface area contributed by atoms with E-state index in [0.29, 0.717) is 30.4 Å². The Kier molecular flexibility index (Phi) is 5.66. The van der Waals surface area contributed by atoms with Crippen LogP contribution in [-0.4, -0.2) is 34.9 Å². The van der Waals surface area contributed by atoms with Crippen LogP contribution in [0.1, 0.15) is 35.7 Å². The van der Waals surface area contributed by atoms with E-state index >= 15 is 0 Å². The topological polar surface area (TPSA) is 68.5 Å². The van der Waals surface area contributed by atoms with Crippen molar-refractivity contribution in [2.45, 2.75) is 32.4 Å². The normalized spacial score (nSPS) is 20.3. The number of hydrogen-bond donors (Lipinski definition) is 1. The van der Waals surface area contributed by atoms with Crippen LogP contribution in [0, 0.1) is 5.92 Å². The lowest BCUT2D eigenvalue weighted by Gasteiger charge is -2.39. The highest BCUT2D eigenvalue weighted by molar-refractivity contribution is 5.95. The number of benzene rings is 1. The van der Waals surface area contributed by atoms with Gasteiger partial charge in [0.05, 0.1) is 0 Å². The number of nitrogens with zero attached hydrogens (tertiary/aromatic N) is 2. The molecule has 2 aromatic rings. The van der Waals surface area contributed by atoms with E-state index in [0.717, 1.165) is 24.9 Å². The third-order valence-electron chi connectivity index (χ3n) is 4.83. The molecule has 0 spiro atoms. The second-order valence-electron chi connectivity index (χ2n) is 6.60. The van der Waals surface area contributed by atoms with E-state index in [1.54, 1.807) is 12.4 Å². The molecule has 0 saturated carbocycles. The summed E-state index contributed by atoms with van der Waals surface area (Å²) in [6.45, 7) is 3.87. The lowest BCUT2D eigenvalue weighted by atomic mass is 9.90. The first-order valence-electron chi connectivity index (χ1n) is 8.82. The first-order chi connectivity index (χ1) is 12.2. The summed E-state index contributed by atoms with van der Waals surface area (Å²) in [6.07, 6.45) is 5.66. The lowest BCUT2D eigenvalue weighted by Crippen LogP contribution is -2.51. The third-order valence-corrected chi connectivity index (χ3v) is 4.83. The van der Waals surface area contributed by atoms with E-state index in [4.69, 9.17) is 10.5 Å². The Hall–Kier alpha value is -2.40. The Bertz CT molecular complexity index is 705. The molecule has 0 unspecified atom stereocenters. The molecule has 1 amide bonds. The summed E-state index contributed by atoms with van der Waals surface area (Å²) in [6, 6.07) is 11.3. The number of likely N-dealkylation sites (tertiary alicyclic amines) is 1. The molecular weight excluding hydrogens is 314 g/mol. The molecule has 1 aliphatic rings. The fraction of sp³-hybridized carbons (Fsp3) is 0.400. The van der Waals surface area contributed by atoms with Gasteiger partial charge in [-0.1, -0.05) is 19.1 Å². The molecule has 2 heterocycles. The maximum atomic E-state index is 12.9. The number of rotatable bonds is 5. The second-order valence-corrected chi connectivity index (χ2v) is 6.60. The average Bonchev–Trinajstić information content (AvgIpc) is 2.66. The zero-order valence-electron chi connectivity index (χ0n) is 14.6. The maximum absolute atomic E-state index is 12.9. The lowest BCUT2D eigenvalue weighted by molar-refractivity contribution is 0.0532. The molecule has 0 aliphatic carbocycles. The van der Waals surface area contributed by atoms with Gasteiger partial charge in [0.25, 0.3) is 5.91 Å². The van der Waals surface area contributed by atoms with Gasteiger partial charge in [-0.3, -0.25) is 9.78 Å². The van der Waals surface area contributed by atoms with Crippen LogP contribution >= 0.6 is 0 Å². The molecule has 2 atom stereocenters. The Morgan fingerprint density at radius 1 is 1.36 bits per heavy atom. The molecule has 0 bridgehead atoms. The fourth-order valence-electron chi connectivity index (χ4n) is 3.40. The van der Waals surface area contributed by atoms with E-state index in [-0.39, 0.29) is 11.9 Å². The summed E-state index contributed by atoms with van der Waals surface area (Å²) in [5, 5.41) is 0. The Morgan fingerprint density at radius 2 is 2.24 bits per heavy atom. The molecule has 3 rings (SSSR count). The summed E-state index contributed by atoms with van der Waals surface area (Å²) < 4.78 is 5.81. The Balaban J connectivity index is 1.71. The third kappa shape index (κ3) is 4.17. The van der Waals surface area contributed by atoms with Crippen molar-refractivity contribution in [1.82, 2.24) is 9.88 Å². The van der Waals surface area contributed by atoms with Crippen molar-refractivity contribution < 1.29 is 9.53 Å². The molecule has 1 aromatic heterocycles. The number of piperidine rings is 1. The highest BCUT2D eigenvalue weighted by atomic mass is 16.5. The van der Waals surface area contributed by atoms with Crippen LogP contribution in [-0.2, 0) is 6.61 Å². The molecule has 1 saturated heterocycles. The highest BCUT2D eigenvalue weighted by Crippen LogP contribution is 2.25. The van der Waals surface area contributed by atoms with Gasteiger partial charge in [-0.05, 0) is 43.0 Å². The first-order valence-corrected chi connectivity index (χ1v) is 8.82. The minimum Gasteiger partial charge on any atom is -0.489 e. The predicted octanol–water partition coefficient (Wildman–Crippen LogP) is 2.86. The summed E-state index contributed by atoms with van der Waals surface area (Å²) in [5.41, 5.74) is 7.56. The summed E-state index contributed by atoms with van der Waals surface area (Å²) >= 11 is 0. The van der Waals surface area contributed by atoms with Crippen LogP contribution in [0.5, 0.6) is 5.75 Å². The van der Waals surface area contributed by atoms with Crippen LogP contribution in [0.15, 0.2) is 48.8 Å². The van der Waals surface area contributed by atoms with Crippen molar-refractivity contribution in [2.75, 3.05) is 13.1 Å². The van der Waals surface area contributed by atoms with E-state index in [9.17, 15) is 4.79 Å². The van der Waals surface area contributed by atoms with Crippen LogP contribution in [0.3, 0.4) is 0 Å². The van der Waals surface area contributed by atoms with Gasteiger partial charge in [-0.15, -0.1) is 0 Å².